The zero-order valence-corrected chi connectivity index (χ0v) is 15.4. The van der Waals surface area contributed by atoms with Crippen molar-refractivity contribution >= 4 is 35.0 Å². The van der Waals surface area contributed by atoms with Crippen molar-refractivity contribution < 1.29 is 4.79 Å². The van der Waals surface area contributed by atoms with Crippen molar-refractivity contribution in [2.75, 3.05) is 5.32 Å². The van der Waals surface area contributed by atoms with Crippen LogP contribution >= 0.6 is 23.4 Å². The van der Waals surface area contributed by atoms with Crippen LogP contribution in [0.1, 0.15) is 27.2 Å². The van der Waals surface area contributed by atoms with E-state index < -0.39 is 5.25 Å². The molecule has 2 rings (SSSR count). The van der Waals surface area contributed by atoms with E-state index in [9.17, 15) is 9.59 Å². The van der Waals surface area contributed by atoms with Crippen LogP contribution in [0.2, 0.25) is 5.02 Å². The van der Waals surface area contributed by atoms with Crippen molar-refractivity contribution in [3.63, 3.8) is 0 Å². The van der Waals surface area contributed by atoms with Gasteiger partial charge in [0.05, 0.1) is 16.0 Å². The second kappa shape index (κ2) is 8.39. The maximum atomic E-state index is 12.7. The van der Waals surface area contributed by atoms with Crippen LogP contribution in [0.25, 0.3) is 0 Å². The highest BCUT2D eigenvalue weighted by Crippen LogP contribution is 2.28. The van der Waals surface area contributed by atoms with E-state index in [1.54, 1.807) is 22.8 Å². The second-order valence-corrected chi connectivity index (χ2v) is 7.23. The molecule has 0 unspecified atom stereocenters. The standard InChI is InChI=1S/C16H21ClN4O2S/c1-4-9-21-15(23)19-20-16(21)24-13(10(2)3)14(22)18-12-8-6-5-7-11(12)17/h5-8,10,13H,4,9H2,1-3H3,(H,18,22)(H,19,23)/t13-/m1/s1. The molecule has 1 amide bonds. The van der Waals surface area contributed by atoms with Gasteiger partial charge in [-0.25, -0.2) is 9.89 Å². The molecule has 0 aliphatic heterocycles. The molecule has 130 valence electrons. The molecule has 24 heavy (non-hydrogen) atoms. The number of para-hydroxylation sites is 1. The first kappa shape index (κ1) is 18.6. The lowest BCUT2D eigenvalue weighted by Crippen LogP contribution is -2.30. The highest BCUT2D eigenvalue weighted by molar-refractivity contribution is 8.00. The van der Waals surface area contributed by atoms with Crippen molar-refractivity contribution in [2.24, 2.45) is 5.92 Å². The lowest BCUT2D eigenvalue weighted by atomic mass is 10.1. The fourth-order valence-electron chi connectivity index (χ4n) is 2.19. The highest BCUT2D eigenvalue weighted by atomic mass is 35.5. The van der Waals surface area contributed by atoms with Crippen molar-refractivity contribution in [2.45, 2.75) is 44.1 Å². The van der Waals surface area contributed by atoms with E-state index in [2.05, 4.69) is 15.5 Å². The lowest BCUT2D eigenvalue weighted by Gasteiger charge is -2.19. The number of amides is 1. The lowest BCUT2D eigenvalue weighted by molar-refractivity contribution is -0.116. The van der Waals surface area contributed by atoms with Gasteiger partial charge in [-0.05, 0) is 24.5 Å². The maximum absolute atomic E-state index is 12.7. The number of nitrogens with zero attached hydrogens (tertiary/aromatic N) is 2. The number of carbonyl (C=O) groups is 1. The Morgan fingerprint density at radius 1 is 1.42 bits per heavy atom. The van der Waals surface area contributed by atoms with Gasteiger partial charge in [0.15, 0.2) is 5.16 Å². The van der Waals surface area contributed by atoms with Crippen LogP contribution in [0, 0.1) is 5.92 Å². The summed E-state index contributed by atoms with van der Waals surface area (Å²) < 4.78 is 1.56. The molecule has 0 aliphatic carbocycles. The first-order valence-electron chi connectivity index (χ1n) is 7.81. The van der Waals surface area contributed by atoms with E-state index in [0.717, 1.165) is 6.42 Å². The van der Waals surface area contributed by atoms with E-state index >= 15 is 0 Å². The molecule has 0 radical (unpaired) electrons. The van der Waals surface area contributed by atoms with Gasteiger partial charge < -0.3 is 5.32 Å². The molecule has 6 nitrogen and oxygen atoms in total. The molecule has 0 saturated heterocycles. The third-order valence-electron chi connectivity index (χ3n) is 3.40. The first-order valence-corrected chi connectivity index (χ1v) is 9.07. The Bertz CT molecular complexity index is 757. The minimum atomic E-state index is -0.396. The van der Waals surface area contributed by atoms with Crippen LogP contribution in [0.15, 0.2) is 34.2 Å². The van der Waals surface area contributed by atoms with Crippen LogP contribution in [-0.4, -0.2) is 25.9 Å². The number of halogens is 1. The average Bonchev–Trinajstić information content (AvgIpc) is 2.88. The SMILES string of the molecule is CCCn1c(S[C@@H](C(=O)Nc2ccccc2Cl)C(C)C)n[nH]c1=O. The fraction of sp³-hybridized carbons (Fsp3) is 0.438. The molecule has 0 spiro atoms. The second-order valence-electron chi connectivity index (χ2n) is 5.71. The summed E-state index contributed by atoms with van der Waals surface area (Å²) in [7, 11) is 0. The normalized spacial score (nSPS) is 12.4. The number of thioether (sulfide) groups is 1. The number of aromatic amines is 1. The molecular formula is C16H21ClN4O2S. The van der Waals surface area contributed by atoms with E-state index in [1.807, 2.05) is 26.8 Å². The van der Waals surface area contributed by atoms with E-state index in [4.69, 9.17) is 11.6 Å². The third-order valence-corrected chi connectivity index (χ3v) is 5.26. The molecule has 8 heteroatoms. The number of benzene rings is 1. The van der Waals surface area contributed by atoms with Gasteiger partial charge in [-0.1, -0.05) is 56.3 Å². The van der Waals surface area contributed by atoms with Gasteiger partial charge in [0.25, 0.3) is 0 Å². The molecule has 0 fully saturated rings. The van der Waals surface area contributed by atoms with Crippen molar-refractivity contribution in [1.29, 1.82) is 0 Å². The number of hydrogen-bond donors (Lipinski definition) is 2. The molecule has 0 saturated carbocycles. The highest BCUT2D eigenvalue weighted by Gasteiger charge is 2.26. The molecule has 1 aromatic heterocycles. The number of H-pyrrole nitrogens is 1. The summed E-state index contributed by atoms with van der Waals surface area (Å²) in [5, 5.41) is 9.96. The summed E-state index contributed by atoms with van der Waals surface area (Å²) in [6, 6.07) is 7.09. The largest absolute Gasteiger partial charge is 0.343 e. The van der Waals surface area contributed by atoms with Crippen LogP contribution < -0.4 is 11.0 Å². The maximum Gasteiger partial charge on any atom is 0.343 e. The number of rotatable bonds is 7. The fourth-order valence-corrected chi connectivity index (χ4v) is 3.43. The summed E-state index contributed by atoms with van der Waals surface area (Å²) in [6.45, 7) is 6.46. The van der Waals surface area contributed by atoms with E-state index in [0.29, 0.717) is 22.4 Å². The zero-order valence-electron chi connectivity index (χ0n) is 13.9. The molecule has 0 aliphatic rings. The summed E-state index contributed by atoms with van der Waals surface area (Å²) in [5.41, 5.74) is 0.316. The Labute approximate surface area is 150 Å². The molecule has 2 aromatic rings. The Hall–Kier alpha value is -1.73. The van der Waals surface area contributed by atoms with E-state index in [-0.39, 0.29) is 17.5 Å². The van der Waals surface area contributed by atoms with Crippen LogP contribution in [-0.2, 0) is 11.3 Å². The summed E-state index contributed by atoms with van der Waals surface area (Å²) in [5.74, 6) is -0.110. The molecule has 1 heterocycles. The minimum absolute atomic E-state index is 0.0550. The quantitative estimate of drug-likeness (QED) is 0.734. The first-order chi connectivity index (χ1) is 11.4. The number of nitrogens with one attached hydrogen (secondary N) is 2. The predicted molar refractivity (Wildman–Crippen MR) is 97.7 cm³/mol. The summed E-state index contributed by atoms with van der Waals surface area (Å²) in [4.78, 5) is 24.5. The van der Waals surface area contributed by atoms with E-state index in [1.165, 1.54) is 11.8 Å². The van der Waals surface area contributed by atoms with Gasteiger partial charge in [-0.3, -0.25) is 9.36 Å². The van der Waals surface area contributed by atoms with Crippen LogP contribution in [0.5, 0.6) is 0 Å². The average molecular weight is 369 g/mol. The summed E-state index contributed by atoms with van der Waals surface area (Å²) >= 11 is 7.38. The van der Waals surface area contributed by atoms with Crippen LogP contribution in [0.4, 0.5) is 5.69 Å². The summed E-state index contributed by atoms with van der Waals surface area (Å²) in [6.07, 6.45) is 0.811. The van der Waals surface area contributed by atoms with Gasteiger partial charge >= 0.3 is 5.69 Å². The monoisotopic (exact) mass is 368 g/mol. The Kier molecular flexibility index (Phi) is 6.51. The Morgan fingerprint density at radius 2 is 2.12 bits per heavy atom. The smallest absolute Gasteiger partial charge is 0.324 e. The Morgan fingerprint density at radius 3 is 2.75 bits per heavy atom. The van der Waals surface area contributed by atoms with Gasteiger partial charge in [-0.15, -0.1) is 5.10 Å². The Balaban J connectivity index is 2.19. The topological polar surface area (TPSA) is 79.8 Å². The van der Waals surface area contributed by atoms with Crippen molar-refractivity contribution in [3.05, 3.63) is 39.8 Å². The van der Waals surface area contributed by atoms with Gasteiger partial charge in [-0.2, -0.15) is 0 Å². The molecule has 2 N–H and O–H groups in total. The molecular weight excluding hydrogens is 348 g/mol. The molecule has 1 atom stereocenters. The van der Waals surface area contributed by atoms with Gasteiger partial charge in [0.2, 0.25) is 5.91 Å². The zero-order chi connectivity index (χ0) is 17.7. The number of aromatic nitrogens is 3. The van der Waals surface area contributed by atoms with Crippen LogP contribution in [0.3, 0.4) is 0 Å². The number of anilines is 1. The third kappa shape index (κ3) is 4.42. The van der Waals surface area contributed by atoms with Gasteiger partial charge in [0.1, 0.15) is 0 Å². The van der Waals surface area contributed by atoms with Crippen molar-refractivity contribution in [3.8, 4) is 0 Å². The number of hydrogen-bond acceptors (Lipinski definition) is 4. The minimum Gasteiger partial charge on any atom is -0.324 e. The van der Waals surface area contributed by atoms with Gasteiger partial charge in [0, 0.05) is 6.54 Å². The molecule has 0 bridgehead atoms. The van der Waals surface area contributed by atoms with Crippen molar-refractivity contribution in [1.82, 2.24) is 14.8 Å². The molecule has 1 aromatic carbocycles. The predicted octanol–water partition coefficient (Wildman–Crippen LogP) is 3.39. The number of carbonyl (C=O) groups excluding carboxylic acids is 1.